The van der Waals surface area contributed by atoms with Crippen LogP contribution in [0, 0.1) is 6.92 Å². The van der Waals surface area contributed by atoms with E-state index in [1.54, 1.807) is 7.11 Å². The Morgan fingerprint density at radius 1 is 1.07 bits per heavy atom. The lowest BCUT2D eigenvalue weighted by Gasteiger charge is -2.18. The van der Waals surface area contributed by atoms with E-state index in [1.807, 2.05) is 85.0 Å². The highest BCUT2D eigenvalue weighted by Gasteiger charge is 2.25. The van der Waals surface area contributed by atoms with Crippen LogP contribution in [0.4, 0.5) is 5.69 Å². The number of anilines is 1. The van der Waals surface area contributed by atoms with Gasteiger partial charge in [-0.3, -0.25) is 4.79 Å². The topological polar surface area (TPSA) is 54.9 Å². The first kappa shape index (κ1) is 19.9. The second-order valence-corrected chi connectivity index (χ2v) is 7.02. The highest BCUT2D eigenvalue weighted by molar-refractivity contribution is 6.31. The lowest BCUT2D eigenvalue weighted by molar-refractivity contribution is -0.697. The summed E-state index contributed by atoms with van der Waals surface area (Å²) < 4.78 is 5.39. The fourth-order valence-electron chi connectivity index (χ4n) is 3.09. The van der Waals surface area contributed by atoms with Gasteiger partial charge in [0.25, 0.3) is 5.91 Å². The second kappa shape index (κ2) is 9.40. The van der Waals surface area contributed by atoms with Gasteiger partial charge in [-0.05, 0) is 30.7 Å². The molecule has 0 saturated carbocycles. The van der Waals surface area contributed by atoms with Gasteiger partial charge in [0.15, 0.2) is 6.04 Å². The van der Waals surface area contributed by atoms with Crippen LogP contribution in [0.2, 0.25) is 5.02 Å². The van der Waals surface area contributed by atoms with Crippen molar-refractivity contribution in [2.24, 2.45) is 0 Å². The molecule has 0 saturated heterocycles. The zero-order valence-corrected chi connectivity index (χ0v) is 16.7. The van der Waals surface area contributed by atoms with Crippen molar-refractivity contribution in [3.8, 4) is 5.75 Å². The van der Waals surface area contributed by atoms with Crippen molar-refractivity contribution >= 4 is 23.2 Å². The number of hydrogen-bond donors (Lipinski definition) is 2. The smallest absolute Gasteiger partial charge is 0.287 e. The van der Waals surface area contributed by atoms with Crippen LogP contribution in [-0.4, -0.2) is 13.0 Å². The maximum absolute atomic E-state index is 13.2. The van der Waals surface area contributed by atoms with Gasteiger partial charge in [-0.15, -0.1) is 0 Å². The summed E-state index contributed by atoms with van der Waals surface area (Å²) in [6, 6.07) is 22.7. The van der Waals surface area contributed by atoms with Crippen LogP contribution in [0.25, 0.3) is 0 Å². The second-order valence-electron chi connectivity index (χ2n) is 6.61. The Labute approximate surface area is 170 Å². The summed E-state index contributed by atoms with van der Waals surface area (Å²) in [5.74, 6) is 0.527. The molecule has 4 nitrogen and oxygen atoms in total. The Morgan fingerprint density at radius 2 is 1.79 bits per heavy atom. The predicted molar refractivity (Wildman–Crippen MR) is 113 cm³/mol. The highest BCUT2D eigenvalue weighted by atomic mass is 35.5. The number of quaternary nitrogens is 1. The Hall–Kier alpha value is -2.82. The molecule has 0 aliphatic rings. The van der Waals surface area contributed by atoms with Crippen LogP contribution in [-0.2, 0) is 11.3 Å². The van der Waals surface area contributed by atoms with Gasteiger partial charge in [-0.1, -0.05) is 66.2 Å². The van der Waals surface area contributed by atoms with Crippen LogP contribution in [0.15, 0.2) is 72.8 Å². The number of amides is 1. The molecule has 0 spiro atoms. The molecule has 0 aliphatic heterocycles. The van der Waals surface area contributed by atoms with Gasteiger partial charge < -0.3 is 15.4 Å². The zero-order chi connectivity index (χ0) is 19.9. The summed E-state index contributed by atoms with van der Waals surface area (Å²) >= 11 is 6.28. The summed E-state index contributed by atoms with van der Waals surface area (Å²) in [6.07, 6.45) is 0. The van der Waals surface area contributed by atoms with Gasteiger partial charge >= 0.3 is 0 Å². The van der Waals surface area contributed by atoms with E-state index in [1.165, 1.54) is 0 Å². The van der Waals surface area contributed by atoms with Gasteiger partial charge in [0.1, 0.15) is 12.3 Å². The summed E-state index contributed by atoms with van der Waals surface area (Å²) in [5.41, 5.74) is 3.64. The number of carbonyl (C=O) groups is 1. The van der Waals surface area contributed by atoms with E-state index in [9.17, 15) is 4.79 Å². The first-order valence-corrected chi connectivity index (χ1v) is 9.53. The van der Waals surface area contributed by atoms with Crippen LogP contribution in [0.3, 0.4) is 0 Å². The third-order valence-corrected chi connectivity index (χ3v) is 4.95. The molecule has 3 aromatic carbocycles. The highest BCUT2D eigenvalue weighted by Crippen LogP contribution is 2.26. The minimum Gasteiger partial charge on any atom is -0.495 e. The number of halogens is 1. The first-order chi connectivity index (χ1) is 13.6. The molecule has 0 heterocycles. The van der Waals surface area contributed by atoms with Crippen molar-refractivity contribution in [2.45, 2.75) is 19.5 Å². The molecule has 3 rings (SSSR count). The maximum Gasteiger partial charge on any atom is 0.287 e. The molecule has 0 aliphatic carbocycles. The number of carbonyl (C=O) groups excluding carboxylic acids is 1. The summed E-state index contributed by atoms with van der Waals surface area (Å²) in [7, 11) is 1.60. The Balaban J connectivity index is 1.84. The van der Waals surface area contributed by atoms with E-state index < -0.39 is 6.04 Å². The SMILES string of the molecule is COc1ccc(C)cc1NC(=O)[C@@H]([NH2+]Cc1ccccc1Cl)c1ccccc1. The molecule has 144 valence electrons. The number of hydrogen-bond acceptors (Lipinski definition) is 2. The van der Waals surface area contributed by atoms with Crippen LogP contribution >= 0.6 is 11.6 Å². The molecule has 0 unspecified atom stereocenters. The third kappa shape index (κ3) is 4.91. The van der Waals surface area contributed by atoms with E-state index in [0.717, 1.165) is 16.7 Å². The minimum absolute atomic E-state index is 0.109. The lowest BCUT2D eigenvalue weighted by atomic mass is 10.1. The van der Waals surface area contributed by atoms with E-state index in [0.29, 0.717) is 23.0 Å². The number of ether oxygens (including phenoxy) is 1. The molecule has 0 fully saturated rings. The fourth-order valence-corrected chi connectivity index (χ4v) is 3.31. The minimum atomic E-state index is -0.414. The molecule has 1 atom stereocenters. The van der Waals surface area contributed by atoms with Crippen molar-refractivity contribution in [3.05, 3.63) is 94.5 Å². The Bertz CT molecular complexity index is 944. The van der Waals surface area contributed by atoms with Crippen molar-refractivity contribution < 1.29 is 14.8 Å². The summed E-state index contributed by atoms with van der Waals surface area (Å²) in [6.45, 7) is 2.57. The number of nitrogens with one attached hydrogen (secondary N) is 1. The van der Waals surface area contributed by atoms with Crippen molar-refractivity contribution in [1.29, 1.82) is 0 Å². The van der Waals surface area contributed by atoms with Crippen molar-refractivity contribution in [3.63, 3.8) is 0 Å². The third-order valence-electron chi connectivity index (χ3n) is 4.59. The molecule has 5 heteroatoms. The summed E-state index contributed by atoms with van der Waals surface area (Å²) in [5, 5.41) is 5.72. The van der Waals surface area contributed by atoms with Gasteiger partial charge in [-0.2, -0.15) is 0 Å². The average molecular weight is 396 g/mol. The Kier molecular flexibility index (Phi) is 6.69. The van der Waals surface area contributed by atoms with Crippen LogP contribution < -0.4 is 15.4 Å². The van der Waals surface area contributed by atoms with Gasteiger partial charge in [-0.25, -0.2) is 0 Å². The molecule has 3 N–H and O–H groups in total. The fraction of sp³-hybridized carbons (Fsp3) is 0.174. The Morgan fingerprint density at radius 3 is 2.50 bits per heavy atom. The van der Waals surface area contributed by atoms with E-state index >= 15 is 0 Å². The van der Waals surface area contributed by atoms with Crippen LogP contribution in [0.1, 0.15) is 22.7 Å². The van der Waals surface area contributed by atoms with Gasteiger partial charge in [0, 0.05) is 16.1 Å². The molecule has 0 radical (unpaired) electrons. The number of methoxy groups -OCH3 is 1. The monoisotopic (exact) mass is 395 g/mol. The number of benzene rings is 3. The van der Waals surface area contributed by atoms with Crippen molar-refractivity contribution in [2.75, 3.05) is 12.4 Å². The summed E-state index contributed by atoms with van der Waals surface area (Å²) in [4.78, 5) is 13.2. The average Bonchev–Trinajstić information content (AvgIpc) is 2.70. The molecular formula is C23H24ClN2O2+. The van der Waals surface area contributed by atoms with E-state index in [-0.39, 0.29) is 5.91 Å². The first-order valence-electron chi connectivity index (χ1n) is 9.15. The predicted octanol–water partition coefficient (Wildman–Crippen LogP) is 4.10. The van der Waals surface area contributed by atoms with Gasteiger partial charge in [0.2, 0.25) is 0 Å². The quantitative estimate of drug-likeness (QED) is 0.632. The normalized spacial score (nSPS) is 11.7. The van der Waals surface area contributed by atoms with Crippen LogP contribution in [0.5, 0.6) is 5.75 Å². The molecule has 1 amide bonds. The lowest BCUT2D eigenvalue weighted by Crippen LogP contribution is -2.85. The molecule has 3 aromatic rings. The van der Waals surface area contributed by atoms with Crippen molar-refractivity contribution in [1.82, 2.24) is 0 Å². The number of aryl methyl sites for hydroxylation is 1. The molecule has 28 heavy (non-hydrogen) atoms. The van der Waals surface area contributed by atoms with Gasteiger partial charge in [0.05, 0.1) is 12.8 Å². The maximum atomic E-state index is 13.2. The molecular weight excluding hydrogens is 372 g/mol. The van der Waals surface area contributed by atoms with E-state index in [4.69, 9.17) is 16.3 Å². The van der Waals surface area contributed by atoms with E-state index in [2.05, 4.69) is 5.32 Å². The molecule has 0 bridgehead atoms. The molecule has 0 aromatic heterocycles. The number of rotatable bonds is 7. The zero-order valence-electron chi connectivity index (χ0n) is 16.0. The number of nitrogens with two attached hydrogens (primary N) is 1. The standard InChI is InChI=1S/C23H23ClN2O2/c1-16-12-13-21(28-2)20(14-16)26-23(27)22(17-8-4-3-5-9-17)25-15-18-10-6-7-11-19(18)24/h3-14,22,25H,15H2,1-2H3,(H,26,27)/p+1/t22-/m0/s1. The largest absolute Gasteiger partial charge is 0.495 e.